The van der Waals surface area contributed by atoms with E-state index in [0.717, 1.165) is 6.07 Å². The monoisotopic (exact) mass is 417 g/mol. The lowest BCUT2D eigenvalue weighted by Gasteiger charge is -2.27. The first-order chi connectivity index (χ1) is 13.6. The quantitative estimate of drug-likeness (QED) is 0.403. The molecule has 1 aromatic heterocycles. The van der Waals surface area contributed by atoms with E-state index in [2.05, 4.69) is 0 Å². The molecule has 0 radical (unpaired) electrons. The maximum Gasteiger partial charge on any atom is 0.417 e. The highest BCUT2D eigenvalue weighted by atomic mass is 19.4. The number of ether oxygens (including phenoxy) is 1. The molecule has 3 nitrogen and oxygen atoms in total. The third-order valence-corrected chi connectivity index (χ3v) is 5.66. The van der Waals surface area contributed by atoms with Crippen molar-refractivity contribution in [3.63, 3.8) is 0 Å². The van der Waals surface area contributed by atoms with E-state index in [1.807, 2.05) is 0 Å². The zero-order valence-electron chi connectivity index (χ0n) is 16.2. The van der Waals surface area contributed by atoms with Gasteiger partial charge in [-0.1, -0.05) is 6.07 Å². The molecular formula is C21H24F5NO2. The predicted molar refractivity (Wildman–Crippen MR) is 99.3 cm³/mol. The third kappa shape index (κ3) is 4.97. The standard InChI is InChI=1S/C21H24F5NO2/c1-29-12-11-27-13-15(19-16(21(24,25)26)3-2-4-17(19)27)18(28)6-5-14-7-9-20(22,23)10-8-14/h2-4,13-14H,5-12H2,1H3. The summed E-state index contributed by atoms with van der Waals surface area (Å²) in [7, 11) is 1.49. The number of carbonyl (C=O) groups is 1. The highest BCUT2D eigenvalue weighted by Crippen LogP contribution is 2.40. The van der Waals surface area contributed by atoms with Crippen LogP contribution in [0.4, 0.5) is 22.0 Å². The summed E-state index contributed by atoms with van der Waals surface area (Å²) in [6.07, 6.45) is -2.39. The Morgan fingerprint density at radius 1 is 1.24 bits per heavy atom. The van der Waals surface area contributed by atoms with Crippen molar-refractivity contribution in [2.24, 2.45) is 5.92 Å². The molecule has 1 aliphatic carbocycles. The van der Waals surface area contributed by atoms with E-state index < -0.39 is 17.7 Å². The molecule has 0 bridgehead atoms. The molecule has 1 aromatic carbocycles. The number of carbonyl (C=O) groups excluding carboxylic acids is 1. The topological polar surface area (TPSA) is 31.2 Å². The fourth-order valence-corrected chi connectivity index (χ4v) is 4.03. The molecule has 29 heavy (non-hydrogen) atoms. The van der Waals surface area contributed by atoms with Crippen molar-refractivity contribution in [1.82, 2.24) is 4.57 Å². The average molecular weight is 417 g/mol. The first-order valence-corrected chi connectivity index (χ1v) is 9.71. The fraction of sp³-hybridized carbons (Fsp3) is 0.571. The largest absolute Gasteiger partial charge is 0.417 e. The van der Waals surface area contributed by atoms with E-state index in [9.17, 15) is 26.7 Å². The molecule has 0 aliphatic heterocycles. The van der Waals surface area contributed by atoms with E-state index in [1.165, 1.54) is 19.4 Å². The Kier molecular flexibility index (Phi) is 6.31. The van der Waals surface area contributed by atoms with Gasteiger partial charge in [-0.05, 0) is 37.3 Å². The molecule has 8 heteroatoms. The van der Waals surface area contributed by atoms with Crippen molar-refractivity contribution in [2.45, 2.75) is 57.2 Å². The molecule has 0 N–H and O–H groups in total. The maximum absolute atomic E-state index is 13.6. The summed E-state index contributed by atoms with van der Waals surface area (Å²) < 4.78 is 73.9. The Morgan fingerprint density at radius 3 is 2.55 bits per heavy atom. The number of hydrogen-bond acceptors (Lipinski definition) is 2. The molecule has 0 spiro atoms. The lowest BCUT2D eigenvalue weighted by molar-refractivity contribution is -0.136. The molecule has 2 aromatic rings. The van der Waals surface area contributed by atoms with E-state index in [-0.39, 0.29) is 41.9 Å². The van der Waals surface area contributed by atoms with Crippen molar-refractivity contribution in [2.75, 3.05) is 13.7 Å². The van der Waals surface area contributed by atoms with Gasteiger partial charge in [0.25, 0.3) is 0 Å². The number of hydrogen-bond donors (Lipinski definition) is 0. The summed E-state index contributed by atoms with van der Waals surface area (Å²) in [5.74, 6) is -3.03. The van der Waals surface area contributed by atoms with Crippen LogP contribution in [0.25, 0.3) is 10.9 Å². The molecule has 160 valence electrons. The van der Waals surface area contributed by atoms with Gasteiger partial charge >= 0.3 is 6.18 Å². The highest BCUT2D eigenvalue weighted by molar-refractivity contribution is 6.09. The number of Topliss-reactive ketones (excluding diaryl/α,β-unsaturated/α-hetero) is 1. The number of nitrogens with zero attached hydrogens (tertiary/aromatic N) is 1. The number of aromatic nitrogens is 1. The zero-order chi connectivity index (χ0) is 21.2. The summed E-state index contributed by atoms with van der Waals surface area (Å²) in [6, 6.07) is 3.86. The molecule has 3 rings (SSSR count). The number of halogens is 5. The Hall–Kier alpha value is -1.96. The molecular weight excluding hydrogens is 393 g/mol. The zero-order valence-corrected chi connectivity index (χ0v) is 16.2. The van der Waals surface area contributed by atoms with Crippen molar-refractivity contribution in [3.05, 3.63) is 35.5 Å². The molecule has 0 unspecified atom stereocenters. The Balaban J connectivity index is 1.86. The van der Waals surface area contributed by atoms with Crippen LogP contribution in [0, 0.1) is 5.92 Å². The number of benzene rings is 1. The van der Waals surface area contributed by atoms with Crippen LogP contribution in [0.3, 0.4) is 0 Å². The summed E-state index contributed by atoms with van der Waals surface area (Å²) >= 11 is 0. The summed E-state index contributed by atoms with van der Waals surface area (Å²) in [4.78, 5) is 12.8. The second-order valence-electron chi connectivity index (χ2n) is 7.69. The molecule has 0 amide bonds. The third-order valence-electron chi connectivity index (χ3n) is 5.66. The first-order valence-electron chi connectivity index (χ1n) is 9.71. The van der Waals surface area contributed by atoms with Crippen LogP contribution < -0.4 is 0 Å². The van der Waals surface area contributed by atoms with Crippen molar-refractivity contribution in [1.29, 1.82) is 0 Å². The second-order valence-corrected chi connectivity index (χ2v) is 7.69. The smallest absolute Gasteiger partial charge is 0.383 e. The predicted octanol–water partition coefficient (Wildman–Crippen LogP) is 6.09. The van der Waals surface area contributed by atoms with Crippen LogP contribution in [0.5, 0.6) is 0 Å². The fourth-order valence-electron chi connectivity index (χ4n) is 4.03. The molecule has 0 saturated heterocycles. The number of fused-ring (bicyclic) bond motifs is 1. The van der Waals surface area contributed by atoms with Gasteiger partial charge in [-0.2, -0.15) is 13.2 Å². The number of methoxy groups -OCH3 is 1. The van der Waals surface area contributed by atoms with Gasteiger partial charge in [0.15, 0.2) is 5.78 Å². The average Bonchev–Trinajstić information content (AvgIpc) is 3.03. The van der Waals surface area contributed by atoms with Gasteiger partial charge in [0, 0.05) is 55.6 Å². The van der Waals surface area contributed by atoms with Gasteiger partial charge in [-0.3, -0.25) is 4.79 Å². The lowest BCUT2D eigenvalue weighted by atomic mass is 9.83. The van der Waals surface area contributed by atoms with E-state index in [0.29, 0.717) is 37.9 Å². The number of ketones is 1. The van der Waals surface area contributed by atoms with Crippen LogP contribution in [-0.4, -0.2) is 30.0 Å². The van der Waals surface area contributed by atoms with Gasteiger partial charge in [0.2, 0.25) is 5.92 Å². The van der Waals surface area contributed by atoms with E-state index in [4.69, 9.17) is 4.74 Å². The van der Waals surface area contributed by atoms with E-state index in [1.54, 1.807) is 10.6 Å². The van der Waals surface area contributed by atoms with Gasteiger partial charge in [-0.25, -0.2) is 8.78 Å². The summed E-state index contributed by atoms with van der Waals surface area (Å²) in [5.41, 5.74) is -0.477. The lowest BCUT2D eigenvalue weighted by Crippen LogP contribution is -2.24. The Bertz CT molecular complexity index is 862. The van der Waals surface area contributed by atoms with Gasteiger partial charge in [0.05, 0.1) is 12.2 Å². The van der Waals surface area contributed by atoms with Gasteiger partial charge in [0.1, 0.15) is 0 Å². The highest BCUT2D eigenvalue weighted by Gasteiger charge is 2.36. The van der Waals surface area contributed by atoms with Crippen LogP contribution in [0.2, 0.25) is 0 Å². The minimum Gasteiger partial charge on any atom is -0.383 e. The summed E-state index contributed by atoms with van der Waals surface area (Å²) in [6.45, 7) is 0.614. The number of alkyl halides is 5. The van der Waals surface area contributed by atoms with Gasteiger partial charge < -0.3 is 9.30 Å². The molecule has 1 heterocycles. The molecule has 1 saturated carbocycles. The van der Waals surface area contributed by atoms with Gasteiger partial charge in [-0.15, -0.1) is 0 Å². The Labute approximate surface area is 165 Å². The minimum absolute atomic E-state index is 0.00232. The van der Waals surface area contributed by atoms with E-state index >= 15 is 0 Å². The van der Waals surface area contributed by atoms with Crippen molar-refractivity contribution in [3.8, 4) is 0 Å². The molecule has 1 fully saturated rings. The molecule has 1 aliphatic rings. The second kappa shape index (κ2) is 8.42. The van der Waals surface area contributed by atoms with Crippen LogP contribution in [-0.2, 0) is 17.5 Å². The van der Waals surface area contributed by atoms with Crippen molar-refractivity contribution < 1.29 is 31.5 Å². The molecule has 0 atom stereocenters. The van der Waals surface area contributed by atoms with Crippen LogP contribution in [0.1, 0.15) is 54.4 Å². The summed E-state index contributed by atoms with van der Waals surface area (Å²) in [5, 5.41) is -0.101. The normalized spacial score (nSPS) is 17.7. The van der Waals surface area contributed by atoms with Crippen LogP contribution >= 0.6 is 0 Å². The Morgan fingerprint density at radius 2 is 1.93 bits per heavy atom. The SMILES string of the molecule is COCCn1cc(C(=O)CCC2CCC(F)(F)CC2)c2c(C(F)(F)F)cccc21. The maximum atomic E-state index is 13.6. The van der Waals surface area contributed by atoms with Crippen molar-refractivity contribution >= 4 is 16.7 Å². The van der Waals surface area contributed by atoms with Crippen LogP contribution in [0.15, 0.2) is 24.4 Å². The first kappa shape index (κ1) is 21.7. The number of rotatable bonds is 7. The minimum atomic E-state index is -4.59.